The highest BCUT2D eigenvalue weighted by Crippen LogP contribution is 2.49. The van der Waals surface area contributed by atoms with Gasteiger partial charge in [0, 0.05) is 0 Å². The Labute approximate surface area is 169 Å². The number of fused-ring (bicyclic) bond motifs is 1. The molecule has 2 aromatic carbocycles. The Morgan fingerprint density at radius 2 is 1.79 bits per heavy atom. The molecule has 0 aromatic heterocycles. The first-order valence-electron chi connectivity index (χ1n) is 8.97. The maximum atomic E-state index is 13.7. The van der Waals surface area contributed by atoms with Crippen LogP contribution in [0.5, 0.6) is 0 Å². The van der Waals surface area contributed by atoms with Gasteiger partial charge in [0.2, 0.25) is 0 Å². The molecule has 0 N–H and O–H groups in total. The van der Waals surface area contributed by atoms with Crippen molar-refractivity contribution in [3.8, 4) is 6.07 Å². The quantitative estimate of drug-likeness (QED) is 0.700. The predicted octanol–water partition coefficient (Wildman–Crippen LogP) is 4.78. The Hall–Kier alpha value is -2.84. The summed E-state index contributed by atoms with van der Waals surface area (Å²) < 4.78 is 5.48. The van der Waals surface area contributed by atoms with Crippen LogP contribution in [0.4, 0.5) is 10.5 Å². The number of ether oxygens (including phenoxy) is 1. The van der Waals surface area contributed by atoms with Crippen molar-refractivity contribution < 1.29 is 14.3 Å². The van der Waals surface area contributed by atoms with E-state index in [1.807, 2.05) is 36.4 Å². The number of benzene rings is 2. The Kier molecular flexibility index (Phi) is 5.18. The van der Waals surface area contributed by atoms with Gasteiger partial charge in [-0.1, -0.05) is 48.5 Å². The van der Waals surface area contributed by atoms with E-state index in [0.717, 1.165) is 4.90 Å². The number of hydrogen-bond donors (Lipinski definition) is 0. The van der Waals surface area contributed by atoms with E-state index in [0.29, 0.717) is 16.8 Å². The molecular formula is C22H21ClN2O3. The van der Waals surface area contributed by atoms with Crippen LogP contribution in [0.25, 0.3) is 0 Å². The SMILES string of the molecule is CC(C)(C)OC(=O)N1C(=O)[C@](C[C@H](Cl)C#N)(c2ccccc2)c2ccccc21. The molecule has 0 unspecified atom stereocenters. The van der Waals surface area contributed by atoms with E-state index < -0.39 is 28.4 Å². The molecule has 0 aliphatic carbocycles. The molecule has 0 bridgehead atoms. The first kappa shape index (κ1) is 19.9. The Balaban J connectivity index is 2.22. The van der Waals surface area contributed by atoms with Crippen molar-refractivity contribution in [2.24, 2.45) is 0 Å². The first-order valence-corrected chi connectivity index (χ1v) is 9.40. The number of anilines is 1. The number of para-hydroxylation sites is 1. The van der Waals surface area contributed by atoms with E-state index in [2.05, 4.69) is 0 Å². The Morgan fingerprint density at radius 3 is 2.39 bits per heavy atom. The minimum absolute atomic E-state index is 0.0458. The third-order valence-electron chi connectivity index (χ3n) is 4.64. The summed E-state index contributed by atoms with van der Waals surface area (Å²) in [6.07, 6.45) is -0.699. The molecule has 28 heavy (non-hydrogen) atoms. The lowest BCUT2D eigenvalue weighted by Gasteiger charge is -2.30. The highest BCUT2D eigenvalue weighted by molar-refractivity contribution is 6.25. The van der Waals surface area contributed by atoms with Crippen molar-refractivity contribution in [3.05, 3.63) is 65.7 Å². The molecule has 144 valence electrons. The van der Waals surface area contributed by atoms with Crippen molar-refractivity contribution in [2.75, 3.05) is 4.90 Å². The van der Waals surface area contributed by atoms with Gasteiger partial charge in [-0.05, 0) is 44.4 Å². The van der Waals surface area contributed by atoms with Gasteiger partial charge in [-0.2, -0.15) is 5.26 Å². The van der Waals surface area contributed by atoms with E-state index in [1.54, 1.807) is 45.0 Å². The monoisotopic (exact) mass is 396 g/mol. The average Bonchev–Trinajstić information content (AvgIpc) is 2.90. The molecule has 0 saturated heterocycles. The third-order valence-corrected chi connectivity index (χ3v) is 4.89. The number of carbonyl (C=O) groups is 2. The van der Waals surface area contributed by atoms with Crippen molar-refractivity contribution in [2.45, 2.75) is 43.6 Å². The van der Waals surface area contributed by atoms with Gasteiger partial charge < -0.3 is 4.74 Å². The zero-order valence-corrected chi connectivity index (χ0v) is 16.7. The molecule has 0 fully saturated rings. The van der Waals surface area contributed by atoms with Crippen LogP contribution in [0, 0.1) is 11.3 Å². The van der Waals surface area contributed by atoms with Gasteiger partial charge in [0.15, 0.2) is 0 Å². The molecule has 0 saturated carbocycles. The van der Waals surface area contributed by atoms with Crippen LogP contribution < -0.4 is 4.90 Å². The fraction of sp³-hybridized carbons (Fsp3) is 0.318. The number of imide groups is 1. The standard InChI is InChI=1S/C22H21ClN2O3/c1-21(2,3)28-20(27)25-18-12-8-7-11-17(18)22(19(25)26,13-16(23)14-24)15-9-5-4-6-10-15/h4-12,16H,13H2,1-3H3/t16-,22+/m0/s1. The molecule has 5 nitrogen and oxygen atoms in total. The van der Waals surface area contributed by atoms with E-state index >= 15 is 0 Å². The third kappa shape index (κ3) is 3.36. The molecule has 0 spiro atoms. The first-order chi connectivity index (χ1) is 13.2. The largest absolute Gasteiger partial charge is 0.443 e. The van der Waals surface area contributed by atoms with Gasteiger partial charge in [-0.25, -0.2) is 9.69 Å². The molecule has 2 aromatic rings. The summed E-state index contributed by atoms with van der Waals surface area (Å²) in [5.41, 5.74) is -0.229. The Bertz CT molecular complexity index is 946. The second-order valence-corrected chi connectivity index (χ2v) is 8.24. The maximum absolute atomic E-state index is 13.7. The van der Waals surface area contributed by atoms with E-state index in [-0.39, 0.29) is 6.42 Å². The summed E-state index contributed by atoms with van der Waals surface area (Å²) in [6.45, 7) is 5.23. The topological polar surface area (TPSA) is 70.4 Å². The minimum atomic E-state index is -1.24. The van der Waals surface area contributed by atoms with Crippen molar-refractivity contribution in [1.29, 1.82) is 5.26 Å². The van der Waals surface area contributed by atoms with Gasteiger partial charge in [0.05, 0.1) is 11.8 Å². The molecule has 2 atom stereocenters. The van der Waals surface area contributed by atoms with Crippen molar-refractivity contribution in [1.82, 2.24) is 0 Å². The molecule has 3 rings (SSSR count). The van der Waals surface area contributed by atoms with Gasteiger partial charge >= 0.3 is 6.09 Å². The normalized spacial score (nSPS) is 19.7. The van der Waals surface area contributed by atoms with Crippen LogP contribution in [-0.4, -0.2) is 23.0 Å². The van der Waals surface area contributed by atoms with Gasteiger partial charge in [-0.3, -0.25) is 4.79 Å². The fourth-order valence-electron chi connectivity index (χ4n) is 3.57. The highest BCUT2D eigenvalue weighted by atomic mass is 35.5. The summed E-state index contributed by atoms with van der Waals surface area (Å²) >= 11 is 6.20. The molecule has 1 aliphatic heterocycles. The lowest BCUT2D eigenvalue weighted by molar-refractivity contribution is -0.121. The lowest BCUT2D eigenvalue weighted by Crippen LogP contribution is -2.46. The van der Waals surface area contributed by atoms with Crippen LogP contribution in [0.2, 0.25) is 0 Å². The molecule has 0 radical (unpaired) electrons. The number of carbonyl (C=O) groups excluding carboxylic acids is 2. The van der Waals surface area contributed by atoms with E-state index in [9.17, 15) is 14.9 Å². The second-order valence-electron chi connectivity index (χ2n) is 7.71. The van der Waals surface area contributed by atoms with Crippen LogP contribution in [0.1, 0.15) is 38.3 Å². The predicted molar refractivity (Wildman–Crippen MR) is 107 cm³/mol. The number of halogens is 1. The summed E-state index contributed by atoms with van der Waals surface area (Å²) in [6, 6.07) is 18.2. The number of nitriles is 1. The zero-order chi connectivity index (χ0) is 20.5. The zero-order valence-electron chi connectivity index (χ0n) is 16.0. The summed E-state index contributed by atoms with van der Waals surface area (Å²) in [7, 11) is 0. The lowest BCUT2D eigenvalue weighted by atomic mass is 9.72. The summed E-state index contributed by atoms with van der Waals surface area (Å²) in [5, 5.41) is 8.41. The second kappa shape index (κ2) is 7.29. The minimum Gasteiger partial charge on any atom is -0.443 e. The van der Waals surface area contributed by atoms with Gasteiger partial charge in [0.25, 0.3) is 5.91 Å². The van der Waals surface area contributed by atoms with Gasteiger partial charge in [0.1, 0.15) is 16.4 Å². The van der Waals surface area contributed by atoms with Crippen LogP contribution >= 0.6 is 11.6 Å². The summed E-state index contributed by atoms with van der Waals surface area (Å²) in [4.78, 5) is 27.7. The number of alkyl halides is 1. The maximum Gasteiger partial charge on any atom is 0.421 e. The van der Waals surface area contributed by atoms with Crippen LogP contribution in [0.3, 0.4) is 0 Å². The van der Waals surface area contributed by atoms with Crippen molar-refractivity contribution >= 4 is 29.3 Å². The number of amides is 2. The molecule has 2 amide bonds. The fourth-order valence-corrected chi connectivity index (χ4v) is 3.80. The van der Waals surface area contributed by atoms with E-state index in [4.69, 9.17) is 16.3 Å². The number of hydrogen-bond acceptors (Lipinski definition) is 4. The molecule has 6 heteroatoms. The van der Waals surface area contributed by atoms with Crippen LogP contribution in [0.15, 0.2) is 54.6 Å². The molecule has 1 aliphatic rings. The Morgan fingerprint density at radius 1 is 1.18 bits per heavy atom. The van der Waals surface area contributed by atoms with E-state index in [1.165, 1.54) is 0 Å². The van der Waals surface area contributed by atoms with Gasteiger partial charge in [-0.15, -0.1) is 11.6 Å². The summed E-state index contributed by atoms with van der Waals surface area (Å²) in [5.74, 6) is -0.463. The van der Waals surface area contributed by atoms with Crippen molar-refractivity contribution in [3.63, 3.8) is 0 Å². The van der Waals surface area contributed by atoms with Crippen LogP contribution in [-0.2, 0) is 14.9 Å². The average molecular weight is 397 g/mol. The molecule has 1 heterocycles. The smallest absolute Gasteiger partial charge is 0.421 e. The molecular weight excluding hydrogens is 376 g/mol. The number of nitrogens with zero attached hydrogens (tertiary/aromatic N) is 2. The highest BCUT2D eigenvalue weighted by Gasteiger charge is 2.55. The number of rotatable bonds is 3.